The second kappa shape index (κ2) is 8.12. The van der Waals surface area contributed by atoms with Crippen LogP contribution in [0.3, 0.4) is 0 Å². The molecule has 140 valence electrons. The van der Waals surface area contributed by atoms with Crippen LogP contribution in [-0.4, -0.2) is 15.9 Å². The molecule has 4 aromatic rings. The lowest BCUT2D eigenvalue weighted by atomic mass is 10.1. The molecule has 0 amide bonds. The Morgan fingerprint density at radius 3 is 2.71 bits per heavy atom. The predicted molar refractivity (Wildman–Crippen MR) is 120 cm³/mol. The van der Waals surface area contributed by atoms with Crippen LogP contribution in [0, 0.1) is 13.8 Å². The van der Waals surface area contributed by atoms with Crippen molar-refractivity contribution in [3.63, 3.8) is 0 Å². The van der Waals surface area contributed by atoms with E-state index in [-0.39, 0.29) is 0 Å². The van der Waals surface area contributed by atoms with Crippen molar-refractivity contribution < 1.29 is 0 Å². The Morgan fingerprint density at radius 2 is 1.93 bits per heavy atom. The maximum atomic E-state index is 4.92. The molecule has 28 heavy (non-hydrogen) atoms. The van der Waals surface area contributed by atoms with E-state index in [1.165, 1.54) is 5.56 Å². The lowest BCUT2D eigenvalue weighted by Crippen LogP contribution is -2.12. The number of rotatable bonds is 4. The number of thiazole rings is 1. The summed E-state index contributed by atoms with van der Waals surface area (Å²) in [6.45, 7) is 4.16. The fourth-order valence-corrected chi connectivity index (χ4v) is 4.16. The third-order valence-corrected chi connectivity index (χ3v) is 5.86. The number of H-pyrrole nitrogens is 1. The summed E-state index contributed by atoms with van der Waals surface area (Å²) in [5.41, 5.74) is 6.29. The third-order valence-electron chi connectivity index (χ3n) is 4.35. The van der Waals surface area contributed by atoms with Gasteiger partial charge in [-0.1, -0.05) is 46.3 Å². The molecule has 0 atom stereocenters. The zero-order valence-corrected chi connectivity index (χ0v) is 18.0. The zero-order chi connectivity index (χ0) is 19.5. The molecule has 0 radical (unpaired) electrons. The number of aromatic amines is 1. The van der Waals surface area contributed by atoms with Gasteiger partial charge >= 0.3 is 0 Å². The highest BCUT2D eigenvalue weighted by atomic mass is 79.9. The molecule has 2 heterocycles. The van der Waals surface area contributed by atoms with Gasteiger partial charge in [0.25, 0.3) is 0 Å². The van der Waals surface area contributed by atoms with Gasteiger partial charge in [0.15, 0.2) is 0 Å². The Bertz CT molecular complexity index is 1200. The second-order valence-corrected chi connectivity index (χ2v) is 8.16. The molecule has 0 aliphatic heterocycles. The van der Waals surface area contributed by atoms with Gasteiger partial charge in [0, 0.05) is 21.6 Å². The molecule has 6 heteroatoms. The largest absolute Gasteiger partial charge is 0.360 e. The Morgan fingerprint density at radius 1 is 1.07 bits per heavy atom. The maximum absolute atomic E-state index is 4.92. The molecule has 0 aliphatic rings. The minimum atomic E-state index is 0.822. The van der Waals surface area contributed by atoms with Gasteiger partial charge in [-0.3, -0.25) is 0 Å². The average molecular weight is 451 g/mol. The molecular formula is C22H19BrN4S. The summed E-state index contributed by atoms with van der Waals surface area (Å²) < 4.78 is 2.92. The molecule has 0 unspecified atom stereocenters. The number of aryl methyl sites for hydroxylation is 2. The van der Waals surface area contributed by atoms with E-state index in [0.29, 0.717) is 0 Å². The van der Waals surface area contributed by atoms with Gasteiger partial charge in [-0.25, -0.2) is 9.67 Å². The Kier molecular flexibility index (Phi) is 5.41. The minimum absolute atomic E-state index is 0.822. The normalized spacial score (nSPS) is 12.2. The number of nitrogens with zero attached hydrogens (tertiary/aromatic N) is 3. The molecule has 0 aliphatic carbocycles. The SMILES string of the molecule is Cc1ccc(C)c(N=c2scc(-c3ccccc3Br)n2N=Cc2ccc[nH]2)c1. The lowest BCUT2D eigenvalue weighted by Gasteiger charge is -2.06. The average Bonchev–Trinajstić information content (AvgIpc) is 3.33. The molecule has 1 N–H and O–H groups in total. The van der Waals surface area contributed by atoms with Crippen molar-refractivity contribution in [3.05, 3.63) is 92.3 Å². The van der Waals surface area contributed by atoms with E-state index in [4.69, 9.17) is 10.1 Å². The summed E-state index contributed by atoms with van der Waals surface area (Å²) >= 11 is 5.23. The monoisotopic (exact) mass is 450 g/mol. The first-order valence-electron chi connectivity index (χ1n) is 8.87. The molecule has 0 spiro atoms. The molecule has 0 saturated heterocycles. The summed E-state index contributed by atoms with van der Waals surface area (Å²) in [6, 6.07) is 18.4. The van der Waals surface area contributed by atoms with Gasteiger partial charge in [-0.05, 0) is 49.2 Å². The van der Waals surface area contributed by atoms with Crippen molar-refractivity contribution in [2.45, 2.75) is 13.8 Å². The summed E-state index contributed by atoms with van der Waals surface area (Å²) in [6.07, 6.45) is 3.70. The van der Waals surface area contributed by atoms with Crippen LogP contribution in [0.2, 0.25) is 0 Å². The Balaban J connectivity index is 1.91. The molecular weight excluding hydrogens is 432 g/mol. The van der Waals surface area contributed by atoms with Crippen molar-refractivity contribution in [2.24, 2.45) is 10.1 Å². The molecule has 2 aromatic heterocycles. The molecule has 0 saturated carbocycles. The lowest BCUT2D eigenvalue weighted by molar-refractivity contribution is 0.853. The number of halogens is 1. The van der Waals surface area contributed by atoms with Crippen molar-refractivity contribution in [1.82, 2.24) is 9.66 Å². The van der Waals surface area contributed by atoms with E-state index in [1.54, 1.807) is 11.3 Å². The van der Waals surface area contributed by atoms with Crippen LogP contribution in [0.1, 0.15) is 16.8 Å². The smallest absolute Gasteiger partial charge is 0.211 e. The highest BCUT2D eigenvalue weighted by Gasteiger charge is 2.11. The van der Waals surface area contributed by atoms with Gasteiger partial charge in [-0.15, -0.1) is 11.3 Å². The first-order chi connectivity index (χ1) is 13.6. The number of benzene rings is 2. The first kappa shape index (κ1) is 18.7. The topological polar surface area (TPSA) is 45.4 Å². The second-order valence-electron chi connectivity index (χ2n) is 6.47. The highest BCUT2D eigenvalue weighted by molar-refractivity contribution is 9.10. The molecule has 0 bridgehead atoms. The van der Waals surface area contributed by atoms with E-state index in [9.17, 15) is 0 Å². The first-order valence-corrected chi connectivity index (χ1v) is 10.5. The Labute approximate surface area is 176 Å². The third kappa shape index (κ3) is 3.93. The van der Waals surface area contributed by atoms with Gasteiger partial charge in [0.05, 0.1) is 23.3 Å². The van der Waals surface area contributed by atoms with Crippen LogP contribution in [0.15, 0.2) is 80.7 Å². The highest BCUT2D eigenvalue weighted by Crippen LogP contribution is 2.29. The van der Waals surface area contributed by atoms with Crippen molar-refractivity contribution in [1.29, 1.82) is 0 Å². The van der Waals surface area contributed by atoms with E-state index < -0.39 is 0 Å². The summed E-state index contributed by atoms with van der Waals surface area (Å²) in [5, 5.41) is 6.82. The zero-order valence-electron chi connectivity index (χ0n) is 15.6. The van der Waals surface area contributed by atoms with Crippen LogP contribution < -0.4 is 4.80 Å². The quantitative estimate of drug-likeness (QED) is 0.368. The number of nitrogens with one attached hydrogen (secondary N) is 1. The van der Waals surface area contributed by atoms with Crippen LogP contribution in [0.25, 0.3) is 11.3 Å². The van der Waals surface area contributed by atoms with Crippen molar-refractivity contribution in [3.8, 4) is 11.3 Å². The summed E-state index contributed by atoms with van der Waals surface area (Å²) in [4.78, 5) is 8.90. The molecule has 4 nitrogen and oxygen atoms in total. The summed E-state index contributed by atoms with van der Waals surface area (Å²) in [7, 11) is 0. The number of aromatic nitrogens is 2. The van der Waals surface area contributed by atoms with E-state index in [0.717, 1.165) is 37.5 Å². The number of hydrogen-bond donors (Lipinski definition) is 1. The van der Waals surface area contributed by atoms with Crippen molar-refractivity contribution in [2.75, 3.05) is 0 Å². The van der Waals surface area contributed by atoms with Gasteiger partial charge in [0.2, 0.25) is 4.80 Å². The van der Waals surface area contributed by atoms with E-state index in [2.05, 4.69) is 64.4 Å². The minimum Gasteiger partial charge on any atom is -0.360 e. The van der Waals surface area contributed by atoms with Gasteiger partial charge < -0.3 is 4.98 Å². The number of hydrogen-bond acceptors (Lipinski definition) is 3. The fraction of sp³-hybridized carbons (Fsp3) is 0.0909. The van der Waals surface area contributed by atoms with Crippen LogP contribution in [0.4, 0.5) is 5.69 Å². The fourth-order valence-electron chi connectivity index (χ4n) is 2.83. The summed E-state index contributed by atoms with van der Waals surface area (Å²) in [5.74, 6) is 0. The van der Waals surface area contributed by atoms with Gasteiger partial charge in [0.1, 0.15) is 0 Å². The van der Waals surface area contributed by atoms with Gasteiger partial charge in [-0.2, -0.15) is 5.10 Å². The Hall–Kier alpha value is -2.70. The van der Waals surface area contributed by atoms with Crippen LogP contribution >= 0.6 is 27.3 Å². The molecule has 0 fully saturated rings. The molecule has 2 aromatic carbocycles. The van der Waals surface area contributed by atoms with Crippen molar-refractivity contribution >= 4 is 39.2 Å². The van der Waals surface area contributed by atoms with E-state index in [1.807, 2.05) is 47.4 Å². The maximum Gasteiger partial charge on any atom is 0.211 e. The molecule has 4 rings (SSSR count). The van der Waals surface area contributed by atoms with E-state index >= 15 is 0 Å². The van der Waals surface area contributed by atoms with Crippen LogP contribution in [-0.2, 0) is 0 Å². The standard InChI is InChI=1S/C22H19BrN4S/c1-15-9-10-16(2)20(12-15)26-22-27(25-13-17-6-5-11-24-17)21(14-28-22)18-7-3-4-8-19(18)23/h3-14,24H,1-2H3. The van der Waals surface area contributed by atoms with Crippen LogP contribution in [0.5, 0.6) is 0 Å². The predicted octanol–water partition coefficient (Wildman–Crippen LogP) is 6.04.